The normalized spacial score (nSPS) is 11.2. The van der Waals surface area contributed by atoms with Crippen LogP contribution in [-0.2, 0) is 10.0 Å². The number of pyridine rings is 2. The molecule has 2 aromatic heterocycles. The van der Waals surface area contributed by atoms with Crippen molar-refractivity contribution in [2.24, 2.45) is 0 Å². The van der Waals surface area contributed by atoms with Gasteiger partial charge in [0.05, 0.1) is 5.69 Å². The van der Waals surface area contributed by atoms with E-state index in [0.29, 0.717) is 4.60 Å². The maximum Gasteiger partial charge on any atom is 0.282 e. The number of aromatic nitrogens is 2. The summed E-state index contributed by atoms with van der Waals surface area (Å²) in [5, 5.41) is -0.652. The first-order valence-electron chi connectivity index (χ1n) is 4.74. The van der Waals surface area contributed by atoms with Crippen molar-refractivity contribution in [2.75, 3.05) is 4.72 Å². The molecule has 0 radical (unpaired) electrons. The highest BCUT2D eigenvalue weighted by Gasteiger charge is 2.21. The van der Waals surface area contributed by atoms with Crippen LogP contribution < -0.4 is 4.72 Å². The highest BCUT2D eigenvalue weighted by Crippen LogP contribution is 2.22. The van der Waals surface area contributed by atoms with Crippen molar-refractivity contribution >= 4 is 31.6 Å². The average Bonchev–Trinajstić information content (AvgIpc) is 2.32. The van der Waals surface area contributed by atoms with Gasteiger partial charge in [0.2, 0.25) is 5.03 Å². The molecule has 2 rings (SSSR count). The highest BCUT2D eigenvalue weighted by atomic mass is 79.9. The number of hydrogen-bond donors (Lipinski definition) is 1. The van der Waals surface area contributed by atoms with Crippen LogP contribution >= 0.6 is 15.9 Å². The summed E-state index contributed by atoms with van der Waals surface area (Å²) in [5.41, 5.74) is 0.211. The van der Waals surface area contributed by atoms with Gasteiger partial charge in [0.15, 0.2) is 5.82 Å². The van der Waals surface area contributed by atoms with Gasteiger partial charge in [-0.3, -0.25) is 4.72 Å². The molecule has 0 saturated carbocycles. The van der Waals surface area contributed by atoms with E-state index in [1.165, 1.54) is 24.5 Å². The number of halogens is 2. The van der Waals surface area contributed by atoms with Crippen molar-refractivity contribution < 1.29 is 12.8 Å². The lowest BCUT2D eigenvalue weighted by molar-refractivity contribution is 0.557. The van der Waals surface area contributed by atoms with Crippen LogP contribution in [0, 0.1) is 5.82 Å². The minimum Gasteiger partial charge on any atom is -0.276 e. The summed E-state index contributed by atoms with van der Waals surface area (Å²) in [7, 11) is -4.07. The number of nitrogens with one attached hydrogen (secondary N) is 1. The second-order valence-corrected chi connectivity index (χ2v) is 5.59. The van der Waals surface area contributed by atoms with Gasteiger partial charge in [-0.1, -0.05) is 0 Å². The summed E-state index contributed by atoms with van der Waals surface area (Å²) in [5.74, 6) is -0.912. The molecule has 0 amide bonds. The summed E-state index contributed by atoms with van der Waals surface area (Å²) in [6.07, 6.45) is 2.69. The topological polar surface area (TPSA) is 72.0 Å². The SMILES string of the molecule is O=S(=O)(Nc1cccnc1Br)c1ncccc1F. The van der Waals surface area contributed by atoms with Gasteiger partial charge in [0, 0.05) is 12.4 Å². The Kier molecular flexibility index (Phi) is 3.58. The van der Waals surface area contributed by atoms with E-state index in [9.17, 15) is 12.8 Å². The summed E-state index contributed by atoms with van der Waals surface area (Å²) in [6, 6.07) is 5.39. The van der Waals surface area contributed by atoms with E-state index in [0.717, 1.165) is 6.07 Å². The van der Waals surface area contributed by atoms with Gasteiger partial charge in [-0.05, 0) is 40.2 Å². The molecule has 2 heterocycles. The number of sulfonamides is 1. The molecule has 0 aromatic carbocycles. The molecule has 94 valence electrons. The van der Waals surface area contributed by atoms with Gasteiger partial charge < -0.3 is 0 Å². The molecule has 1 N–H and O–H groups in total. The zero-order chi connectivity index (χ0) is 13.2. The van der Waals surface area contributed by atoms with E-state index >= 15 is 0 Å². The van der Waals surface area contributed by atoms with E-state index in [4.69, 9.17) is 0 Å². The average molecular weight is 332 g/mol. The Hall–Kier alpha value is -1.54. The molecule has 5 nitrogen and oxygen atoms in total. The monoisotopic (exact) mass is 331 g/mol. The molecule has 18 heavy (non-hydrogen) atoms. The number of hydrogen-bond acceptors (Lipinski definition) is 4. The van der Waals surface area contributed by atoms with Crippen LogP contribution in [0.2, 0.25) is 0 Å². The van der Waals surface area contributed by atoms with Crippen molar-refractivity contribution in [3.63, 3.8) is 0 Å². The third kappa shape index (κ3) is 2.65. The van der Waals surface area contributed by atoms with Gasteiger partial charge in [-0.2, -0.15) is 8.42 Å². The molecular formula is C10H7BrFN3O2S. The highest BCUT2D eigenvalue weighted by molar-refractivity contribution is 9.10. The number of nitrogens with zero attached hydrogens (tertiary/aromatic N) is 2. The van der Waals surface area contributed by atoms with Crippen LogP contribution in [0.15, 0.2) is 46.3 Å². The Bertz CT molecular complexity index is 678. The van der Waals surface area contributed by atoms with Crippen molar-refractivity contribution in [3.8, 4) is 0 Å². The lowest BCUT2D eigenvalue weighted by Crippen LogP contribution is -2.16. The largest absolute Gasteiger partial charge is 0.282 e. The molecule has 0 saturated heterocycles. The minimum absolute atomic E-state index is 0.211. The summed E-state index contributed by atoms with van der Waals surface area (Å²) in [6.45, 7) is 0. The summed E-state index contributed by atoms with van der Waals surface area (Å²) >= 11 is 3.09. The second kappa shape index (κ2) is 4.99. The van der Waals surface area contributed by atoms with E-state index in [1.807, 2.05) is 0 Å². The number of anilines is 1. The molecule has 0 aliphatic heterocycles. The van der Waals surface area contributed by atoms with Crippen molar-refractivity contribution in [3.05, 3.63) is 47.1 Å². The molecular weight excluding hydrogens is 325 g/mol. The molecule has 0 spiro atoms. The van der Waals surface area contributed by atoms with Gasteiger partial charge >= 0.3 is 0 Å². The van der Waals surface area contributed by atoms with E-state index in [-0.39, 0.29) is 5.69 Å². The molecule has 2 aromatic rings. The Balaban J connectivity index is 2.40. The molecule has 0 aliphatic carbocycles. The standard InChI is InChI=1S/C10H7BrFN3O2S/c11-9-8(4-2-5-13-9)15-18(16,17)10-7(12)3-1-6-14-10/h1-6,15H. The molecule has 0 unspecified atom stereocenters. The van der Waals surface area contributed by atoms with Crippen molar-refractivity contribution in [1.82, 2.24) is 9.97 Å². The fourth-order valence-corrected chi connectivity index (χ4v) is 2.78. The number of rotatable bonds is 3. The maximum absolute atomic E-state index is 13.4. The summed E-state index contributed by atoms with van der Waals surface area (Å²) < 4.78 is 39.7. The van der Waals surface area contributed by atoms with Gasteiger partial charge in [0.25, 0.3) is 10.0 Å². The first-order valence-corrected chi connectivity index (χ1v) is 7.02. The van der Waals surface area contributed by atoms with Crippen LogP contribution in [0.3, 0.4) is 0 Å². The lowest BCUT2D eigenvalue weighted by Gasteiger charge is -2.08. The zero-order valence-corrected chi connectivity index (χ0v) is 11.2. The van der Waals surface area contributed by atoms with Crippen LogP contribution in [0.1, 0.15) is 0 Å². The fourth-order valence-electron chi connectivity index (χ4n) is 1.22. The Labute approximate surface area is 111 Å². The van der Waals surface area contributed by atoms with Crippen LogP contribution in [0.5, 0.6) is 0 Å². The fraction of sp³-hybridized carbons (Fsp3) is 0. The molecule has 0 fully saturated rings. The third-order valence-electron chi connectivity index (χ3n) is 1.98. The Morgan fingerprint density at radius 3 is 2.50 bits per heavy atom. The van der Waals surface area contributed by atoms with Gasteiger partial charge in [-0.15, -0.1) is 0 Å². The van der Waals surface area contributed by atoms with Gasteiger partial charge in [-0.25, -0.2) is 14.4 Å². The Morgan fingerprint density at radius 1 is 1.17 bits per heavy atom. The van der Waals surface area contributed by atoms with E-state index in [1.54, 1.807) is 6.07 Å². The van der Waals surface area contributed by atoms with E-state index in [2.05, 4.69) is 30.6 Å². The van der Waals surface area contributed by atoms with Crippen LogP contribution in [-0.4, -0.2) is 18.4 Å². The molecule has 8 heteroatoms. The summed E-state index contributed by atoms with van der Waals surface area (Å²) in [4.78, 5) is 7.37. The Morgan fingerprint density at radius 2 is 1.83 bits per heavy atom. The van der Waals surface area contributed by atoms with Gasteiger partial charge in [0.1, 0.15) is 4.60 Å². The minimum atomic E-state index is -4.07. The maximum atomic E-state index is 13.4. The zero-order valence-electron chi connectivity index (χ0n) is 8.84. The van der Waals surface area contributed by atoms with Crippen molar-refractivity contribution in [1.29, 1.82) is 0 Å². The predicted molar refractivity (Wildman–Crippen MR) is 66.9 cm³/mol. The third-order valence-corrected chi connectivity index (χ3v) is 3.91. The molecule has 0 aliphatic rings. The van der Waals surface area contributed by atoms with Crippen LogP contribution in [0.4, 0.5) is 10.1 Å². The molecule has 0 bridgehead atoms. The first kappa shape index (κ1) is 12.9. The lowest BCUT2D eigenvalue weighted by atomic mass is 10.4. The van der Waals surface area contributed by atoms with Crippen LogP contribution in [0.25, 0.3) is 0 Å². The predicted octanol–water partition coefficient (Wildman–Crippen LogP) is 2.18. The smallest absolute Gasteiger partial charge is 0.276 e. The van der Waals surface area contributed by atoms with E-state index < -0.39 is 20.9 Å². The second-order valence-electron chi connectivity index (χ2n) is 3.24. The first-order chi connectivity index (χ1) is 8.50. The van der Waals surface area contributed by atoms with Crippen molar-refractivity contribution in [2.45, 2.75) is 5.03 Å². The quantitative estimate of drug-likeness (QED) is 0.875. The molecule has 0 atom stereocenters.